The molecule has 0 spiro atoms. The Morgan fingerprint density at radius 1 is 0.800 bits per heavy atom. The fraction of sp³-hybridized carbons (Fsp3) is 0.524. The second kappa shape index (κ2) is 8.49. The minimum Gasteiger partial charge on any atom is -0.354 e. The number of piperazine rings is 2. The Labute approximate surface area is 179 Å². The van der Waals surface area contributed by atoms with Crippen LogP contribution in [0.25, 0.3) is 0 Å². The molecule has 1 aromatic carbocycles. The van der Waals surface area contributed by atoms with Crippen LogP contribution in [-0.2, 0) is 10.0 Å². The zero-order chi connectivity index (χ0) is 21.3. The molecule has 1 aromatic heterocycles. The first-order valence-corrected chi connectivity index (χ1v) is 11.9. The van der Waals surface area contributed by atoms with Gasteiger partial charge in [0.25, 0.3) is 0 Å². The van der Waals surface area contributed by atoms with Gasteiger partial charge in [-0.15, -0.1) is 0 Å². The highest BCUT2D eigenvalue weighted by Crippen LogP contribution is 2.22. The lowest BCUT2D eigenvalue weighted by molar-refractivity contribution is 0.312. The van der Waals surface area contributed by atoms with E-state index in [1.165, 1.54) is 0 Å². The Bertz CT molecular complexity index is 979. The first-order chi connectivity index (χ1) is 14.3. The quantitative estimate of drug-likeness (QED) is 0.725. The van der Waals surface area contributed by atoms with Gasteiger partial charge < -0.3 is 14.7 Å². The molecule has 2 aliphatic rings. The third-order valence-corrected chi connectivity index (χ3v) is 7.75. The zero-order valence-electron chi connectivity index (χ0n) is 18.0. The van der Waals surface area contributed by atoms with Gasteiger partial charge in [-0.1, -0.05) is 17.7 Å². The number of aryl methyl sites for hydroxylation is 2. The van der Waals surface area contributed by atoms with Crippen LogP contribution in [0.2, 0.25) is 0 Å². The van der Waals surface area contributed by atoms with Crippen LogP contribution in [0.4, 0.5) is 11.8 Å². The minimum atomic E-state index is -3.47. The van der Waals surface area contributed by atoms with Gasteiger partial charge in [0.2, 0.25) is 16.0 Å². The van der Waals surface area contributed by atoms with E-state index in [0.717, 1.165) is 43.3 Å². The molecule has 0 saturated carbocycles. The van der Waals surface area contributed by atoms with Crippen molar-refractivity contribution < 1.29 is 8.42 Å². The van der Waals surface area contributed by atoms with E-state index in [2.05, 4.69) is 26.7 Å². The largest absolute Gasteiger partial charge is 0.354 e. The van der Waals surface area contributed by atoms with Gasteiger partial charge in [0, 0.05) is 64.1 Å². The number of aromatic nitrogens is 2. The number of hydrogen-bond acceptors (Lipinski definition) is 7. The Morgan fingerprint density at radius 3 is 2.03 bits per heavy atom. The molecule has 0 atom stereocenters. The predicted octanol–water partition coefficient (Wildman–Crippen LogP) is 1.36. The highest BCUT2D eigenvalue weighted by atomic mass is 32.2. The van der Waals surface area contributed by atoms with Gasteiger partial charge >= 0.3 is 0 Å². The van der Waals surface area contributed by atoms with Crippen molar-refractivity contribution in [1.82, 2.24) is 19.2 Å². The van der Waals surface area contributed by atoms with Crippen LogP contribution in [-0.4, -0.2) is 87.0 Å². The number of rotatable bonds is 4. The molecule has 2 saturated heterocycles. The predicted molar refractivity (Wildman–Crippen MR) is 119 cm³/mol. The van der Waals surface area contributed by atoms with Crippen molar-refractivity contribution in [2.24, 2.45) is 0 Å². The summed E-state index contributed by atoms with van der Waals surface area (Å²) in [6.45, 7) is 9.91. The van der Waals surface area contributed by atoms with E-state index in [4.69, 9.17) is 4.98 Å². The second-order valence-corrected chi connectivity index (χ2v) is 10.1. The molecule has 30 heavy (non-hydrogen) atoms. The number of nitrogens with zero attached hydrogens (tertiary/aromatic N) is 6. The summed E-state index contributed by atoms with van der Waals surface area (Å²) in [6.07, 6.45) is 0. The van der Waals surface area contributed by atoms with Gasteiger partial charge in [-0.2, -0.15) is 9.29 Å². The Morgan fingerprint density at radius 2 is 1.40 bits per heavy atom. The number of hydrogen-bond donors (Lipinski definition) is 0. The highest BCUT2D eigenvalue weighted by molar-refractivity contribution is 7.89. The summed E-state index contributed by atoms with van der Waals surface area (Å²) in [4.78, 5) is 16.5. The number of sulfonamides is 1. The van der Waals surface area contributed by atoms with Crippen molar-refractivity contribution in [3.05, 3.63) is 41.6 Å². The summed E-state index contributed by atoms with van der Waals surface area (Å²) in [5, 5.41) is 0. The van der Waals surface area contributed by atoms with Gasteiger partial charge in [-0.25, -0.2) is 13.4 Å². The average Bonchev–Trinajstić information content (AvgIpc) is 2.74. The van der Waals surface area contributed by atoms with Crippen LogP contribution in [0.1, 0.15) is 11.3 Å². The normalized spacial score (nSPS) is 19.3. The summed E-state index contributed by atoms with van der Waals surface area (Å²) in [7, 11) is -1.33. The molecule has 0 bridgehead atoms. The molecule has 0 N–H and O–H groups in total. The van der Waals surface area contributed by atoms with Crippen molar-refractivity contribution in [3.8, 4) is 0 Å². The SMILES string of the molecule is Cc1ccc(S(=O)(=O)N2CCN(c3nc(C)cc(N4CCN(C)CC4)n3)CC2)cc1. The molecule has 2 aliphatic heterocycles. The van der Waals surface area contributed by atoms with Crippen molar-refractivity contribution >= 4 is 21.8 Å². The second-order valence-electron chi connectivity index (χ2n) is 8.16. The lowest BCUT2D eigenvalue weighted by atomic mass is 10.2. The van der Waals surface area contributed by atoms with Crippen LogP contribution >= 0.6 is 0 Å². The molecule has 0 aliphatic carbocycles. The molecule has 0 unspecified atom stereocenters. The smallest absolute Gasteiger partial charge is 0.243 e. The summed E-state index contributed by atoms with van der Waals surface area (Å²) < 4.78 is 27.5. The van der Waals surface area contributed by atoms with Crippen molar-refractivity contribution in [3.63, 3.8) is 0 Å². The number of anilines is 2. The molecule has 2 aromatic rings. The molecule has 0 amide bonds. The van der Waals surface area contributed by atoms with Crippen LogP contribution in [0.5, 0.6) is 0 Å². The van der Waals surface area contributed by atoms with Gasteiger partial charge in [0.1, 0.15) is 5.82 Å². The molecule has 2 fully saturated rings. The van der Waals surface area contributed by atoms with Crippen LogP contribution in [0.15, 0.2) is 35.2 Å². The fourth-order valence-electron chi connectivity index (χ4n) is 3.86. The van der Waals surface area contributed by atoms with E-state index in [9.17, 15) is 8.42 Å². The average molecular weight is 431 g/mol. The maximum atomic E-state index is 12.9. The maximum absolute atomic E-state index is 12.9. The molecule has 4 rings (SSSR count). The monoisotopic (exact) mass is 430 g/mol. The number of likely N-dealkylation sites (N-methyl/N-ethyl adjacent to an activating group) is 1. The van der Waals surface area contributed by atoms with Crippen molar-refractivity contribution in [2.75, 3.05) is 69.2 Å². The Hall–Kier alpha value is -2.23. The fourth-order valence-corrected chi connectivity index (χ4v) is 5.29. The first kappa shape index (κ1) is 21.0. The molecule has 0 radical (unpaired) electrons. The summed E-state index contributed by atoms with van der Waals surface area (Å²) in [5.41, 5.74) is 1.98. The van der Waals surface area contributed by atoms with Gasteiger partial charge in [0.05, 0.1) is 4.90 Å². The van der Waals surface area contributed by atoms with Gasteiger partial charge in [-0.05, 0) is 33.0 Å². The lowest BCUT2D eigenvalue weighted by Crippen LogP contribution is -2.49. The van der Waals surface area contributed by atoms with E-state index >= 15 is 0 Å². The molecular weight excluding hydrogens is 400 g/mol. The number of benzene rings is 1. The van der Waals surface area contributed by atoms with Gasteiger partial charge in [0.15, 0.2) is 0 Å². The van der Waals surface area contributed by atoms with E-state index in [0.29, 0.717) is 37.0 Å². The first-order valence-electron chi connectivity index (χ1n) is 10.4. The van der Waals surface area contributed by atoms with E-state index in [-0.39, 0.29) is 0 Å². The minimum absolute atomic E-state index is 0.353. The summed E-state index contributed by atoms with van der Waals surface area (Å²) >= 11 is 0. The van der Waals surface area contributed by atoms with E-state index in [1.807, 2.05) is 32.0 Å². The molecule has 8 nitrogen and oxygen atoms in total. The van der Waals surface area contributed by atoms with Crippen LogP contribution in [0.3, 0.4) is 0 Å². The summed E-state index contributed by atoms with van der Waals surface area (Å²) in [5.74, 6) is 1.65. The Balaban J connectivity index is 1.46. The zero-order valence-corrected chi connectivity index (χ0v) is 18.8. The van der Waals surface area contributed by atoms with Crippen molar-refractivity contribution in [2.45, 2.75) is 18.7 Å². The van der Waals surface area contributed by atoms with Gasteiger partial charge in [-0.3, -0.25) is 0 Å². The van der Waals surface area contributed by atoms with E-state index in [1.54, 1.807) is 16.4 Å². The summed E-state index contributed by atoms with van der Waals surface area (Å²) in [6, 6.07) is 9.08. The standard InChI is InChI=1S/C21H30N6O2S/c1-17-4-6-19(7-5-17)30(28,29)27-14-12-26(13-15-27)21-22-18(2)16-20(23-21)25-10-8-24(3)9-11-25/h4-7,16H,8-15H2,1-3H3. The van der Waals surface area contributed by atoms with Crippen LogP contribution in [0, 0.1) is 13.8 Å². The molecule has 162 valence electrons. The third kappa shape index (κ3) is 4.43. The van der Waals surface area contributed by atoms with E-state index < -0.39 is 10.0 Å². The molecule has 9 heteroatoms. The third-order valence-electron chi connectivity index (χ3n) is 5.84. The highest BCUT2D eigenvalue weighted by Gasteiger charge is 2.29. The maximum Gasteiger partial charge on any atom is 0.243 e. The lowest BCUT2D eigenvalue weighted by Gasteiger charge is -2.36. The Kier molecular flexibility index (Phi) is 5.95. The topological polar surface area (TPSA) is 72.9 Å². The van der Waals surface area contributed by atoms with Crippen molar-refractivity contribution in [1.29, 1.82) is 0 Å². The molecule has 3 heterocycles. The molecular formula is C21H30N6O2S. The van der Waals surface area contributed by atoms with Crippen LogP contribution < -0.4 is 9.80 Å².